The van der Waals surface area contributed by atoms with E-state index in [9.17, 15) is 17.2 Å². The molecular formula is C12H16F2O4S. The smallest absolute Gasteiger partial charge is 0.387 e. The molecule has 4 nitrogen and oxygen atoms in total. The molecule has 1 atom stereocenters. The number of benzene rings is 1. The summed E-state index contributed by atoms with van der Waals surface area (Å²) in [7, 11) is -3.33. The zero-order valence-electron chi connectivity index (χ0n) is 10.4. The molecule has 0 aromatic heterocycles. The fourth-order valence-electron chi connectivity index (χ4n) is 1.57. The van der Waals surface area contributed by atoms with Gasteiger partial charge in [0.25, 0.3) is 0 Å². The van der Waals surface area contributed by atoms with Gasteiger partial charge in [0.05, 0.1) is 11.5 Å². The van der Waals surface area contributed by atoms with Gasteiger partial charge in [-0.05, 0) is 23.6 Å². The fourth-order valence-corrected chi connectivity index (χ4v) is 3.36. The normalized spacial score (nSPS) is 13.5. The van der Waals surface area contributed by atoms with E-state index in [1.807, 2.05) is 0 Å². The first-order valence-electron chi connectivity index (χ1n) is 5.67. The topological polar surface area (TPSA) is 63.6 Å². The van der Waals surface area contributed by atoms with E-state index in [-0.39, 0.29) is 29.8 Å². The summed E-state index contributed by atoms with van der Waals surface area (Å²) in [6.45, 7) is -1.46. The third-order valence-corrected chi connectivity index (χ3v) is 4.24. The first-order chi connectivity index (χ1) is 8.82. The van der Waals surface area contributed by atoms with Crippen LogP contribution in [0.2, 0.25) is 0 Å². The number of rotatable bonds is 7. The lowest BCUT2D eigenvalue weighted by Gasteiger charge is -2.09. The van der Waals surface area contributed by atoms with Crippen LogP contribution in [-0.4, -0.2) is 32.5 Å². The minimum atomic E-state index is -3.33. The number of hydrogen-bond donors (Lipinski definition) is 1. The van der Waals surface area contributed by atoms with Gasteiger partial charge in [0.15, 0.2) is 9.84 Å². The molecule has 1 aromatic rings. The zero-order valence-corrected chi connectivity index (χ0v) is 11.2. The Balaban J connectivity index is 2.67. The van der Waals surface area contributed by atoms with Crippen molar-refractivity contribution in [2.75, 3.05) is 12.4 Å². The van der Waals surface area contributed by atoms with Crippen LogP contribution >= 0.6 is 0 Å². The summed E-state index contributed by atoms with van der Waals surface area (Å²) in [4.78, 5) is 0. The second kappa shape index (κ2) is 6.81. The average molecular weight is 294 g/mol. The van der Waals surface area contributed by atoms with E-state index < -0.39 is 16.4 Å². The van der Waals surface area contributed by atoms with Gasteiger partial charge in [0.1, 0.15) is 5.75 Å². The average Bonchev–Trinajstić information content (AvgIpc) is 2.30. The molecule has 0 radical (unpaired) electrons. The molecule has 19 heavy (non-hydrogen) atoms. The monoisotopic (exact) mass is 294 g/mol. The van der Waals surface area contributed by atoms with Crippen molar-refractivity contribution in [3.8, 4) is 5.75 Å². The van der Waals surface area contributed by atoms with Crippen LogP contribution in [0.3, 0.4) is 0 Å². The Hall–Kier alpha value is -1.21. The summed E-state index contributed by atoms with van der Waals surface area (Å²) in [6.07, 6.45) is 0. The molecule has 0 aliphatic heterocycles. The van der Waals surface area contributed by atoms with Crippen molar-refractivity contribution < 1.29 is 27.0 Å². The highest BCUT2D eigenvalue weighted by Gasteiger charge is 2.16. The van der Waals surface area contributed by atoms with Crippen LogP contribution in [0.1, 0.15) is 12.5 Å². The van der Waals surface area contributed by atoms with Gasteiger partial charge < -0.3 is 9.84 Å². The maximum atomic E-state index is 11.9. The quantitative estimate of drug-likeness (QED) is 0.833. The number of ether oxygens (including phenoxy) is 1. The Bertz CT molecular complexity index is 485. The Kier molecular flexibility index (Phi) is 5.68. The lowest BCUT2D eigenvalue weighted by Crippen LogP contribution is -2.18. The Morgan fingerprint density at radius 2 is 1.84 bits per heavy atom. The molecule has 0 amide bonds. The van der Waals surface area contributed by atoms with Gasteiger partial charge in [-0.25, -0.2) is 8.42 Å². The molecule has 0 saturated heterocycles. The van der Waals surface area contributed by atoms with E-state index in [1.165, 1.54) is 24.3 Å². The van der Waals surface area contributed by atoms with Crippen LogP contribution in [0.25, 0.3) is 0 Å². The highest BCUT2D eigenvalue weighted by atomic mass is 32.2. The molecule has 0 heterocycles. The summed E-state index contributed by atoms with van der Waals surface area (Å²) in [5, 5.41) is 8.83. The van der Waals surface area contributed by atoms with Gasteiger partial charge in [-0.1, -0.05) is 19.1 Å². The van der Waals surface area contributed by atoms with Crippen LogP contribution in [0, 0.1) is 5.92 Å². The van der Waals surface area contributed by atoms with E-state index in [1.54, 1.807) is 6.92 Å². The van der Waals surface area contributed by atoms with Crippen molar-refractivity contribution >= 4 is 9.84 Å². The summed E-state index contributed by atoms with van der Waals surface area (Å²) in [5.74, 6) is -0.642. The molecule has 0 saturated carbocycles. The third kappa shape index (κ3) is 5.98. The predicted octanol–water partition coefficient (Wildman–Crippen LogP) is 1.83. The number of aliphatic hydroxyl groups excluding tert-OH is 1. The maximum absolute atomic E-state index is 11.9. The van der Waals surface area contributed by atoms with Gasteiger partial charge in [0.2, 0.25) is 0 Å². The Morgan fingerprint density at radius 3 is 2.32 bits per heavy atom. The standard InChI is InChI=1S/C12H16F2O4S/c1-9(6-15)7-19(16,17)8-10-2-4-11(5-3-10)18-12(13)14/h2-5,9,12,15H,6-8H2,1H3. The molecule has 1 rings (SSSR count). The van der Waals surface area contributed by atoms with Crippen molar-refractivity contribution in [2.45, 2.75) is 19.3 Å². The third-order valence-electron chi connectivity index (χ3n) is 2.39. The second-order valence-corrected chi connectivity index (χ2v) is 6.47. The number of aliphatic hydroxyl groups is 1. The molecule has 0 aliphatic carbocycles. The molecule has 0 spiro atoms. The van der Waals surface area contributed by atoms with Gasteiger partial charge >= 0.3 is 6.61 Å². The van der Waals surface area contributed by atoms with Crippen molar-refractivity contribution in [3.63, 3.8) is 0 Å². The Labute approximate surface area is 110 Å². The van der Waals surface area contributed by atoms with E-state index in [4.69, 9.17) is 5.11 Å². The van der Waals surface area contributed by atoms with E-state index >= 15 is 0 Å². The lowest BCUT2D eigenvalue weighted by atomic mass is 10.2. The molecule has 0 fully saturated rings. The Morgan fingerprint density at radius 1 is 1.26 bits per heavy atom. The van der Waals surface area contributed by atoms with E-state index in [0.29, 0.717) is 5.56 Å². The van der Waals surface area contributed by atoms with Crippen LogP contribution < -0.4 is 4.74 Å². The predicted molar refractivity (Wildman–Crippen MR) is 66.8 cm³/mol. The van der Waals surface area contributed by atoms with Crippen LogP contribution in [-0.2, 0) is 15.6 Å². The first kappa shape index (κ1) is 15.8. The van der Waals surface area contributed by atoms with Gasteiger partial charge in [-0.2, -0.15) is 8.78 Å². The molecule has 1 aromatic carbocycles. The number of alkyl halides is 2. The van der Waals surface area contributed by atoms with Crippen molar-refractivity contribution in [1.29, 1.82) is 0 Å². The lowest BCUT2D eigenvalue weighted by molar-refractivity contribution is -0.0498. The summed E-state index contributed by atoms with van der Waals surface area (Å²) < 4.78 is 51.6. The van der Waals surface area contributed by atoms with E-state index in [2.05, 4.69) is 4.74 Å². The van der Waals surface area contributed by atoms with Crippen molar-refractivity contribution in [1.82, 2.24) is 0 Å². The highest BCUT2D eigenvalue weighted by Crippen LogP contribution is 2.17. The SMILES string of the molecule is CC(CO)CS(=O)(=O)Cc1ccc(OC(F)F)cc1. The minimum absolute atomic E-state index is 0.0140. The second-order valence-electron chi connectivity index (χ2n) is 4.36. The molecule has 0 bridgehead atoms. The minimum Gasteiger partial charge on any atom is -0.435 e. The number of sulfone groups is 1. The largest absolute Gasteiger partial charge is 0.435 e. The van der Waals surface area contributed by atoms with Crippen LogP contribution in [0.15, 0.2) is 24.3 Å². The van der Waals surface area contributed by atoms with Gasteiger partial charge in [-0.15, -0.1) is 0 Å². The van der Waals surface area contributed by atoms with Crippen molar-refractivity contribution in [2.24, 2.45) is 5.92 Å². The molecule has 1 unspecified atom stereocenters. The fraction of sp³-hybridized carbons (Fsp3) is 0.500. The van der Waals surface area contributed by atoms with Crippen LogP contribution in [0.5, 0.6) is 5.75 Å². The maximum Gasteiger partial charge on any atom is 0.387 e. The van der Waals surface area contributed by atoms with E-state index in [0.717, 1.165) is 0 Å². The zero-order chi connectivity index (χ0) is 14.5. The summed E-state index contributed by atoms with van der Waals surface area (Å²) in [6, 6.07) is 5.46. The molecule has 108 valence electrons. The molecular weight excluding hydrogens is 278 g/mol. The number of hydrogen-bond acceptors (Lipinski definition) is 4. The van der Waals surface area contributed by atoms with Crippen LogP contribution in [0.4, 0.5) is 8.78 Å². The summed E-state index contributed by atoms with van der Waals surface area (Å²) >= 11 is 0. The molecule has 0 aliphatic rings. The number of halogens is 2. The molecule has 1 N–H and O–H groups in total. The molecule has 7 heteroatoms. The summed E-state index contributed by atoms with van der Waals surface area (Å²) in [5.41, 5.74) is 0.492. The first-order valence-corrected chi connectivity index (χ1v) is 7.49. The highest BCUT2D eigenvalue weighted by molar-refractivity contribution is 7.90. The van der Waals surface area contributed by atoms with Gasteiger partial charge in [-0.3, -0.25) is 0 Å². The van der Waals surface area contributed by atoms with Gasteiger partial charge in [0, 0.05) is 6.61 Å². The van der Waals surface area contributed by atoms with Crippen molar-refractivity contribution in [3.05, 3.63) is 29.8 Å².